The molecule has 4 aliphatic heterocycles. The van der Waals surface area contributed by atoms with Gasteiger partial charge in [0.2, 0.25) is 11.8 Å². The second kappa shape index (κ2) is 22.8. The zero-order valence-electron chi connectivity index (χ0n) is 33.2. The first-order chi connectivity index (χ1) is 28.7. The van der Waals surface area contributed by atoms with E-state index in [0.717, 1.165) is 13.8 Å². The van der Waals surface area contributed by atoms with Crippen molar-refractivity contribution in [1.82, 2.24) is 10.6 Å². The van der Waals surface area contributed by atoms with Crippen LogP contribution in [0, 0.1) is 0 Å². The molecule has 4 saturated heterocycles. The van der Waals surface area contributed by atoms with Crippen molar-refractivity contribution in [2.45, 2.75) is 168 Å². The zero-order chi connectivity index (χ0) is 45.6. The maximum absolute atomic E-state index is 12.2. The molecule has 61 heavy (non-hydrogen) atoms. The Morgan fingerprint density at radius 2 is 1.10 bits per heavy atom. The molecule has 0 radical (unpaired) electrons. The predicted octanol–water partition coefficient (Wildman–Crippen LogP) is -11.0. The topological polar surface area (TPSA) is 435 Å². The molecule has 24 atom stereocenters. The van der Waals surface area contributed by atoms with E-state index in [9.17, 15) is 86.2 Å². The molecule has 17 N–H and O–H groups in total. The van der Waals surface area contributed by atoms with Crippen molar-refractivity contribution in [3.63, 3.8) is 0 Å². The molecule has 27 nitrogen and oxygen atoms in total. The summed E-state index contributed by atoms with van der Waals surface area (Å²) >= 11 is 0. The first-order valence-electron chi connectivity index (χ1n) is 19.4. The molecule has 0 aromatic rings. The molecule has 0 spiro atoms. The van der Waals surface area contributed by atoms with Crippen molar-refractivity contribution in [3.8, 4) is 0 Å². The van der Waals surface area contributed by atoms with Crippen LogP contribution in [0.3, 0.4) is 0 Å². The van der Waals surface area contributed by atoms with Gasteiger partial charge in [0, 0.05) is 13.8 Å². The largest absolute Gasteiger partial charge is 0.394 e. The lowest BCUT2D eigenvalue weighted by Gasteiger charge is -2.47. The van der Waals surface area contributed by atoms with Crippen LogP contribution in [-0.2, 0) is 47.5 Å². The van der Waals surface area contributed by atoms with Gasteiger partial charge in [-0.15, -0.1) is 0 Å². The average molecular weight is 897 g/mol. The monoisotopic (exact) mass is 896 g/mol. The minimum atomic E-state index is -2.23. The molecule has 0 bridgehead atoms. The maximum atomic E-state index is 12.2. The predicted molar refractivity (Wildman–Crippen MR) is 191 cm³/mol. The summed E-state index contributed by atoms with van der Waals surface area (Å²) in [4.78, 5) is 24.4. The van der Waals surface area contributed by atoms with Crippen LogP contribution in [0.2, 0.25) is 0 Å². The third-order valence-electron chi connectivity index (χ3n) is 10.7. The Labute approximate surface area is 347 Å². The van der Waals surface area contributed by atoms with Crippen LogP contribution in [0.15, 0.2) is 0 Å². The molecule has 0 aromatic heterocycles. The second-order valence-corrected chi connectivity index (χ2v) is 15.2. The molecule has 0 unspecified atom stereocenters. The van der Waals surface area contributed by atoms with E-state index in [4.69, 9.17) is 37.9 Å². The summed E-state index contributed by atoms with van der Waals surface area (Å²) in [5.74, 6) is -1.56. The fraction of sp³-hybridized carbons (Fsp3) is 0.941. The number of aliphatic hydroxyl groups is 15. The number of amides is 2. The number of ether oxygens (including phenoxy) is 8. The summed E-state index contributed by atoms with van der Waals surface area (Å²) < 4.78 is 45.0. The standard InChI is InChI=1S/C34H60N2O25/c1-9-18(44)23(49)26(52)32(55-9)61-30-25(51)21(47)15(6-39)57-34(30)59-28(12(4-37)35-10(2)41)19(45)13(43)8-54-31-17(36-11(3)42)22(48)29(16(7-40)58-31)60-33-27(53)24(50)20(46)14(5-38)56-33/h9,12-34,37-40,43-53H,4-8H2,1-3H3,(H,35,41)(H,36,42)/t9-,12-,13+,14+,15+,16+,17+,18+,19-,20-,21-,22+,23+,24-,25-,26-,27+,28+,29-,30+,31+,32-,33-,34-/m0/s1. The fourth-order valence-corrected chi connectivity index (χ4v) is 7.26. The number of carbonyl (C=O) groups excluding carboxylic acids is 2. The van der Waals surface area contributed by atoms with Crippen molar-refractivity contribution in [1.29, 1.82) is 0 Å². The number of aliphatic hydroxyl groups excluding tert-OH is 15. The lowest BCUT2D eigenvalue weighted by molar-refractivity contribution is -0.373. The van der Waals surface area contributed by atoms with Crippen LogP contribution in [0.1, 0.15) is 20.8 Å². The Morgan fingerprint density at radius 1 is 0.590 bits per heavy atom. The van der Waals surface area contributed by atoms with Gasteiger partial charge in [-0.25, -0.2) is 0 Å². The van der Waals surface area contributed by atoms with E-state index in [1.807, 2.05) is 0 Å². The van der Waals surface area contributed by atoms with E-state index in [2.05, 4.69) is 10.6 Å². The Hall–Kier alpha value is -1.98. The molecule has 4 heterocycles. The third-order valence-corrected chi connectivity index (χ3v) is 10.7. The number of carbonyl (C=O) groups is 2. The highest BCUT2D eigenvalue weighted by Crippen LogP contribution is 2.33. The Bertz CT molecular complexity index is 1370. The van der Waals surface area contributed by atoms with E-state index >= 15 is 0 Å². The third kappa shape index (κ3) is 12.0. The lowest BCUT2D eigenvalue weighted by Crippen LogP contribution is -2.68. The Morgan fingerprint density at radius 3 is 1.64 bits per heavy atom. The molecule has 27 heteroatoms. The van der Waals surface area contributed by atoms with Crippen LogP contribution >= 0.6 is 0 Å². The Kier molecular flexibility index (Phi) is 19.3. The molecule has 0 aromatic carbocycles. The number of hydrogen-bond donors (Lipinski definition) is 17. The van der Waals surface area contributed by atoms with Crippen molar-refractivity contribution in [2.75, 3.05) is 33.0 Å². The van der Waals surface area contributed by atoms with Gasteiger partial charge in [0.15, 0.2) is 25.2 Å². The quantitative estimate of drug-likeness (QED) is 0.0607. The van der Waals surface area contributed by atoms with Crippen molar-refractivity contribution >= 4 is 11.8 Å². The zero-order valence-corrected chi connectivity index (χ0v) is 33.2. The van der Waals surface area contributed by atoms with E-state index in [1.165, 1.54) is 6.92 Å². The van der Waals surface area contributed by atoms with Gasteiger partial charge in [-0.05, 0) is 6.92 Å². The summed E-state index contributed by atoms with van der Waals surface area (Å²) in [6.07, 6.45) is -39.8. The van der Waals surface area contributed by atoms with Crippen LogP contribution in [-0.4, -0.2) is 269 Å². The van der Waals surface area contributed by atoms with Crippen LogP contribution < -0.4 is 10.6 Å². The summed E-state index contributed by atoms with van der Waals surface area (Å²) in [5.41, 5.74) is 0. The molecule has 4 aliphatic rings. The number of rotatable bonds is 18. The van der Waals surface area contributed by atoms with E-state index < -0.39 is 192 Å². The molecule has 356 valence electrons. The fourth-order valence-electron chi connectivity index (χ4n) is 7.26. The smallest absolute Gasteiger partial charge is 0.217 e. The van der Waals surface area contributed by atoms with Gasteiger partial charge in [0.1, 0.15) is 110 Å². The second-order valence-electron chi connectivity index (χ2n) is 15.2. The highest BCUT2D eigenvalue weighted by atomic mass is 16.8. The SMILES string of the molecule is CC(=O)N[C@H]1[C@H](OC[C@@H](O)[C@H](O)[C@H](O[C@@H]2O[C@H](CO)[C@H](O)[C@H](O)[C@H]2O[C@@H]2O[C@@H](C)[C@@H](O)[C@@H](O)[C@@H]2O)[C@H](CO)NC(C)=O)O[C@H](CO)[C@H](O[C@@H]2O[C@H](CO)[C@H](O)[C@H](O)[C@H]2O)[C@@H]1O. The van der Waals surface area contributed by atoms with Crippen LogP contribution in [0.5, 0.6) is 0 Å². The molecule has 2 amide bonds. The van der Waals surface area contributed by atoms with E-state index in [0.29, 0.717) is 0 Å². The van der Waals surface area contributed by atoms with Crippen molar-refractivity contribution < 1.29 is 124 Å². The maximum Gasteiger partial charge on any atom is 0.217 e. The van der Waals surface area contributed by atoms with Crippen molar-refractivity contribution in [2.24, 2.45) is 0 Å². The highest BCUT2D eigenvalue weighted by molar-refractivity contribution is 5.73. The van der Waals surface area contributed by atoms with Crippen LogP contribution in [0.25, 0.3) is 0 Å². The number of nitrogens with one attached hydrogen (secondary N) is 2. The molecule has 4 rings (SSSR count). The molecular formula is C34H60N2O25. The van der Waals surface area contributed by atoms with Crippen molar-refractivity contribution in [3.05, 3.63) is 0 Å². The Balaban J connectivity index is 1.56. The van der Waals surface area contributed by atoms with E-state index in [-0.39, 0.29) is 0 Å². The molecule has 0 saturated carbocycles. The first-order valence-corrected chi connectivity index (χ1v) is 19.4. The van der Waals surface area contributed by atoms with E-state index in [1.54, 1.807) is 0 Å². The number of hydrogen-bond acceptors (Lipinski definition) is 25. The van der Waals surface area contributed by atoms with Gasteiger partial charge in [0.05, 0.1) is 45.2 Å². The molecular weight excluding hydrogens is 836 g/mol. The molecule has 4 fully saturated rings. The first kappa shape index (κ1) is 51.7. The average Bonchev–Trinajstić information content (AvgIpc) is 3.22. The highest BCUT2D eigenvalue weighted by Gasteiger charge is 2.54. The summed E-state index contributed by atoms with van der Waals surface area (Å²) in [6, 6.07) is -3.22. The summed E-state index contributed by atoms with van der Waals surface area (Å²) in [5, 5.41) is 162. The van der Waals surface area contributed by atoms with Gasteiger partial charge < -0.3 is 125 Å². The molecule has 0 aliphatic carbocycles. The van der Waals surface area contributed by atoms with Gasteiger partial charge in [-0.1, -0.05) is 0 Å². The minimum absolute atomic E-state index is 0.769. The summed E-state index contributed by atoms with van der Waals surface area (Å²) in [7, 11) is 0. The van der Waals surface area contributed by atoms with Gasteiger partial charge in [0.25, 0.3) is 0 Å². The lowest BCUT2D eigenvalue weighted by atomic mass is 9.95. The van der Waals surface area contributed by atoms with Gasteiger partial charge >= 0.3 is 0 Å². The minimum Gasteiger partial charge on any atom is -0.394 e. The van der Waals surface area contributed by atoms with Crippen LogP contribution in [0.4, 0.5) is 0 Å². The van der Waals surface area contributed by atoms with Gasteiger partial charge in [-0.3, -0.25) is 9.59 Å². The summed E-state index contributed by atoms with van der Waals surface area (Å²) in [6.45, 7) is -1.26. The van der Waals surface area contributed by atoms with Gasteiger partial charge in [-0.2, -0.15) is 0 Å². The normalized spacial score (nSPS) is 44.1.